The van der Waals surface area contributed by atoms with Crippen molar-refractivity contribution in [2.24, 2.45) is 0 Å². The molecule has 2 N–H and O–H groups in total. The molecule has 0 saturated heterocycles. The summed E-state index contributed by atoms with van der Waals surface area (Å²) in [7, 11) is 0. The molecule has 118 valence electrons. The summed E-state index contributed by atoms with van der Waals surface area (Å²) < 4.78 is 0. The van der Waals surface area contributed by atoms with E-state index in [2.05, 4.69) is 5.32 Å². The highest BCUT2D eigenvalue weighted by Gasteiger charge is 2.20. The first-order valence-corrected chi connectivity index (χ1v) is 6.83. The van der Waals surface area contributed by atoms with Crippen LogP contribution < -0.4 is 5.32 Å². The number of anilines is 1. The van der Waals surface area contributed by atoms with Gasteiger partial charge in [-0.3, -0.25) is 14.9 Å². The number of halogens is 2. The molecule has 0 bridgehead atoms. The molecule has 0 fully saturated rings. The fraction of sp³-hybridized carbons (Fsp3) is 0. The van der Waals surface area contributed by atoms with Gasteiger partial charge in [0.05, 0.1) is 26.1 Å². The minimum Gasteiger partial charge on any atom is -0.478 e. The number of benzene rings is 2. The number of non-ortho nitro benzene ring substituents is 1. The Hall–Kier alpha value is -2.64. The molecule has 0 atom stereocenters. The number of nitrogens with zero attached hydrogens (tertiary/aromatic N) is 1. The number of carbonyl (C=O) groups excluding carboxylic acids is 1. The van der Waals surface area contributed by atoms with E-state index in [0.717, 1.165) is 18.2 Å². The normalized spacial score (nSPS) is 10.2. The van der Waals surface area contributed by atoms with Crippen molar-refractivity contribution in [3.63, 3.8) is 0 Å². The van der Waals surface area contributed by atoms with E-state index in [1.807, 2.05) is 0 Å². The minimum atomic E-state index is -1.45. The van der Waals surface area contributed by atoms with Crippen molar-refractivity contribution in [1.82, 2.24) is 0 Å². The van der Waals surface area contributed by atoms with Crippen LogP contribution in [0.1, 0.15) is 20.7 Å². The molecule has 23 heavy (non-hydrogen) atoms. The van der Waals surface area contributed by atoms with Gasteiger partial charge in [0.2, 0.25) is 0 Å². The lowest BCUT2D eigenvalue weighted by molar-refractivity contribution is -0.384. The molecule has 9 heteroatoms. The van der Waals surface area contributed by atoms with Gasteiger partial charge < -0.3 is 10.4 Å². The van der Waals surface area contributed by atoms with Crippen molar-refractivity contribution < 1.29 is 19.6 Å². The molecule has 2 rings (SSSR count). The molecular weight excluding hydrogens is 347 g/mol. The minimum absolute atomic E-state index is 0.214. The zero-order chi connectivity index (χ0) is 17.1. The molecule has 7 nitrogen and oxygen atoms in total. The average Bonchev–Trinajstić information content (AvgIpc) is 2.50. The Morgan fingerprint density at radius 1 is 1.04 bits per heavy atom. The quantitative estimate of drug-likeness (QED) is 0.639. The summed E-state index contributed by atoms with van der Waals surface area (Å²) in [5.74, 6) is -2.19. The van der Waals surface area contributed by atoms with E-state index in [1.165, 1.54) is 18.2 Å². The molecule has 0 aliphatic carbocycles. The number of hydrogen-bond acceptors (Lipinski definition) is 4. The monoisotopic (exact) mass is 354 g/mol. The third kappa shape index (κ3) is 3.77. The Labute approximate surface area is 139 Å². The van der Waals surface area contributed by atoms with Gasteiger partial charge in [0, 0.05) is 17.8 Å². The Kier molecular flexibility index (Phi) is 4.83. The summed E-state index contributed by atoms with van der Waals surface area (Å²) in [6.07, 6.45) is 0. The number of carboxylic acid groups (broad SMARTS) is 1. The van der Waals surface area contributed by atoms with Crippen molar-refractivity contribution in [1.29, 1.82) is 0 Å². The molecule has 2 aromatic rings. The van der Waals surface area contributed by atoms with Gasteiger partial charge >= 0.3 is 5.97 Å². The van der Waals surface area contributed by atoms with Crippen LogP contribution in [0.25, 0.3) is 0 Å². The van der Waals surface area contributed by atoms with E-state index in [1.54, 1.807) is 0 Å². The highest BCUT2D eigenvalue weighted by atomic mass is 35.5. The number of rotatable bonds is 4. The standard InChI is InChI=1S/C14H8Cl2N2O5/c15-11-4-1-7(5-12(11)16)17-13(19)9-3-2-8(18(22)23)6-10(9)14(20)21/h1-6H,(H,17,19)(H,20,21). The molecule has 1 amide bonds. The number of carbonyl (C=O) groups is 2. The summed E-state index contributed by atoms with van der Waals surface area (Å²) in [5.41, 5.74) is -0.807. The average molecular weight is 355 g/mol. The predicted octanol–water partition coefficient (Wildman–Crippen LogP) is 3.85. The van der Waals surface area contributed by atoms with E-state index in [-0.39, 0.29) is 10.6 Å². The van der Waals surface area contributed by atoms with Crippen LogP contribution in [0, 0.1) is 10.1 Å². The van der Waals surface area contributed by atoms with Gasteiger partial charge in [-0.1, -0.05) is 23.2 Å². The maximum absolute atomic E-state index is 12.2. The molecule has 0 aliphatic heterocycles. The number of nitro groups is 1. The number of amides is 1. The largest absolute Gasteiger partial charge is 0.478 e. The van der Waals surface area contributed by atoms with Crippen LogP contribution in [0.3, 0.4) is 0 Å². The Balaban J connectivity index is 2.36. The zero-order valence-corrected chi connectivity index (χ0v) is 12.8. The first kappa shape index (κ1) is 16.7. The van der Waals surface area contributed by atoms with Crippen LogP contribution >= 0.6 is 23.2 Å². The van der Waals surface area contributed by atoms with Crippen LogP contribution in [-0.2, 0) is 0 Å². The topological polar surface area (TPSA) is 110 Å². The van der Waals surface area contributed by atoms with E-state index < -0.39 is 28.1 Å². The number of nitrogens with one attached hydrogen (secondary N) is 1. The molecule has 0 radical (unpaired) electrons. The summed E-state index contributed by atoms with van der Waals surface area (Å²) in [6.45, 7) is 0. The van der Waals surface area contributed by atoms with Gasteiger partial charge in [-0.25, -0.2) is 4.79 Å². The second kappa shape index (κ2) is 6.64. The second-order valence-corrected chi connectivity index (χ2v) is 5.19. The second-order valence-electron chi connectivity index (χ2n) is 4.38. The van der Waals surface area contributed by atoms with Gasteiger partial charge in [-0.2, -0.15) is 0 Å². The SMILES string of the molecule is O=C(O)c1cc([N+](=O)[O-])ccc1C(=O)Nc1ccc(Cl)c(Cl)c1. The lowest BCUT2D eigenvalue weighted by Crippen LogP contribution is -2.16. The molecule has 0 aromatic heterocycles. The van der Waals surface area contributed by atoms with Crippen molar-refractivity contribution in [3.8, 4) is 0 Å². The third-order valence-electron chi connectivity index (χ3n) is 2.87. The van der Waals surface area contributed by atoms with E-state index in [4.69, 9.17) is 28.3 Å². The fourth-order valence-corrected chi connectivity index (χ4v) is 2.09. The van der Waals surface area contributed by atoms with Gasteiger partial charge in [-0.15, -0.1) is 0 Å². The van der Waals surface area contributed by atoms with Crippen LogP contribution in [-0.4, -0.2) is 21.9 Å². The molecule has 0 saturated carbocycles. The summed E-state index contributed by atoms with van der Waals surface area (Å²) in [6, 6.07) is 7.30. The molecule has 0 spiro atoms. The molecular formula is C14H8Cl2N2O5. The number of aromatic carboxylic acids is 1. The maximum atomic E-state index is 12.2. The van der Waals surface area contributed by atoms with Crippen molar-refractivity contribution in [3.05, 3.63) is 67.7 Å². The van der Waals surface area contributed by atoms with E-state index in [0.29, 0.717) is 10.7 Å². The first-order chi connectivity index (χ1) is 10.8. The summed E-state index contributed by atoms with van der Waals surface area (Å²) in [4.78, 5) is 33.4. The van der Waals surface area contributed by atoms with Crippen LogP contribution in [0.5, 0.6) is 0 Å². The highest BCUT2D eigenvalue weighted by molar-refractivity contribution is 6.42. The number of hydrogen-bond donors (Lipinski definition) is 2. The van der Waals surface area contributed by atoms with Crippen LogP contribution in [0.15, 0.2) is 36.4 Å². The Bertz CT molecular complexity index is 823. The first-order valence-electron chi connectivity index (χ1n) is 6.07. The highest BCUT2D eigenvalue weighted by Crippen LogP contribution is 2.26. The lowest BCUT2D eigenvalue weighted by atomic mass is 10.1. The van der Waals surface area contributed by atoms with Crippen molar-refractivity contribution in [2.45, 2.75) is 0 Å². The maximum Gasteiger partial charge on any atom is 0.336 e. The predicted molar refractivity (Wildman–Crippen MR) is 84.5 cm³/mol. The van der Waals surface area contributed by atoms with Gasteiger partial charge in [-0.05, 0) is 24.3 Å². The van der Waals surface area contributed by atoms with Crippen LogP contribution in [0.4, 0.5) is 11.4 Å². The fourth-order valence-electron chi connectivity index (χ4n) is 1.79. The molecule has 0 heterocycles. The van der Waals surface area contributed by atoms with E-state index >= 15 is 0 Å². The Morgan fingerprint density at radius 2 is 1.74 bits per heavy atom. The number of nitro benzene ring substituents is 1. The lowest BCUT2D eigenvalue weighted by Gasteiger charge is -2.08. The molecule has 0 aliphatic rings. The van der Waals surface area contributed by atoms with E-state index in [9.17, 15) is 19.7 Å². The summed E-state index contributed by atoms with van der Waals surface area (Å²) in [5, 5.41) is 22.8. The summed E-state index contributed by atoms with van der Waals surface area (Å²) >= 11 is 11.6. The van der Waals surface area contributed by atoms with Crippen molar-refractivity contribution in [2.75, 3.05) is 5.32 Å². The van der Waals surface area contributed by atoms with Gasteiger partial charge in [0.1, 0.15) is 0 Å². The van der Waals surface area contributed by atoms with Crippen molar-refractivity contribution >= 4 is 46.5 Å². The number of carboxylic acids is 1. The Morgan fingerprint density at radius 3 is 2.30 bits per heavy atom. The van der Waals surface area contributed by atoms with Gasteiger partial charge in [0.25, 0.3) is 11.6 Å². The molecule has 2 aromatic carbocycles. The third-order valence-corrected chi connectivity index (χ3v) is 3.61. The molecule has 0 unspecified atom stereocenters. The van der Waals surface area contributed by atoms with Crippen LogP contribution in [0.2, 0.25) is 10.0 Å². The smallest absolute Gasteiger partial charge is 0.336 e. The van der Waals surface area contributed by atoms with Gasteiger partial charge in [0.15, 0.2) is 0 Å². The zero-order valence-electron chi connectivity index (χ0n) is 11.2.